The molecule has 36 heteroatoms. The van der Waals surface area contributed by atoms with Gasteiger partial charge in [0, 0.05) is 138 Å². The number of ether oxygens (including phenoxy) is 9. The zero-order valence-corrected chi connectivity index (χ0v) is 99.2. The lowest BCUT2D eigenvalue weighted by Crippen LogP contribution is -2.41. The van der Waals surface area contributed by atoms with Gasteiger partial charge in [-0.3, -0.25) is 9.59 Å². The van der Waals surface area contributed by atoms with Gasteiger partial charge in [0.2, 0.25) is 0 Å². The normalized spacial score (nSPS) is 13.2. The zero-order valence-electron chi connectivity index (χ0n) is 82.4. The van der Waals surface area contributed by atoms with Gasteiger partial charge in [0.15, 0.2) is 24.4 Å². The first-order valence-electron chi connectivity index (χ1n) is 42.4. The SMILES string of the molecule is CCOC(=O)C(=O)Cl.CCOC(=O)C(=O)c1c(C)sc(C)c1Br.CCOC(=O)C(O)c1c(C)sc(C)c1Br.CCOC(=O)C(OC(C)(C)C)c1c(C)sc(C)c1-c1ccccc1.CCOC(=O)C(OC(C)(C)C)c1c(C)sc(C)c1B1OC(C)(C)C(C)(C)O1.CCOC(=O)C(OC(C)(C)C)c1c(C)sc(C)c1Br.Cc1cc(Br)c(C)s1.Cc1ccc(C)s1.Cc1sc(C)c(Br)c1Br. The molecule has 4 unspecified atom stereocenters. The lowest BCUT2D eigenvalue weighted by molar-refractivity contribution is -0.167. The van der Waals surface area contributed by atoms with E-state index >= 15 is 0 Å². The summed E-state index contributed by atoms with van der Waals surface area (Å²) in [5.41, 5.74) is 4.45. The minimum absolute atomic E-state index is 0.178. The third-order valence-electron chi connectivity index (χ3n) is 18.4. The number of esters is 6. The summed E-state index contributed by atoms with van der Waals surface area (Å²) in [7, 11) is -0.546. The average Bonchev–Trinajstić information content (AvgIpc) is 1.59. The Kier molecular flexibility index (Phi) is 53.6. The van der Waals surface area contributed by atoms with Crippen LogP contribution in [0.3, 0.4) is 0 Å². The average molecular weight is 2390 g/mol. The van der Waals surface area contributed by atoms with Crippen molar-refractivity contribution in [1.29, 1.82) is 0 Å². The number of aliphatic hydroxyl groups excluding tert-OH is 1. The number of hydrogen-bond acceptors (Lipinski definition) is 28. The summed E-state index contributed by atoms with van der Waals surface area (Å²) in [4.78, 5) is 110. The first kappa shape index (κ1) is 124. The number of aliphatic hydroxyl groups is 1. The van der Waals surface area contributed by atoms with E-state index in [0.717, 1.165) is 86.1 Å². The van der Waals surface area contributed by atoms with Crippen molar-refractivity contribution in [3.8, 4) is 11.1 Å². The molecule has 0 bridgehead atoms. The van der Waals surface area contributed by atoms with Gasteiger partial charge in [0.05, 0.1) is 73.2 Å². The minimum atomic E-state index is -1.19. The number of rotatable bonds is 22. The molecule has 0 radical (unpaired) electrons. The summed E-state index contributed by atoms with van der Waals surface area (Å²) in [6.45, 7) is 70.0. The highest BCUT2D eigenvalue weighted by molar-refractivity contribution is 9.13. The molecule has 10 rings (SSSR count). The van der Waals surface area contributed by atoms with E-state index in [1.54, 1.807) is 91.3 Å². The number of aryl methyl sites for hydroxylation is 16. The van der Waals surface area contributed by atoms with Crippen molar-refractivity contribution in [2.24, 2.45) is 0 Å². The molecule has 0 amide bonds. The van der Waals surface area contributed by atoms with Crippen molar-refractivity contribution in [3.63, 3.8) is 0 Å². The third-order valence-corrected chi connectivity index (χ3v) is 34.6. The maximum atomic E-state index is 12.8. The van der Waals surface area contributed by atoms with Crippen molar-refractivity contribution < 1.29 is 95.4 Å². The summed E-state index contributed by atoms with van der Waals surface area (Å²) < 4.78 is 66.2. The van der Waals surface area contributed by atoms with Gasteiger partial charge in [-0.2, -0.15) is 0 Å². The topological polar surface area (TPSA) is 258 Å². The molecule has 0 spiro atoms. The molecule has 4 atom stereocenters. The van der Waals surface area contributed by atoms with Crippen LogP contribution in [0.4, 0.5) is 0 Å². The number of carbonyl (C=O) groups excluding carboxylic acids is 8. The minimum Gasteiger partial charge on any atom is -0.464 e. The van der Waals surface area contributed by atoms with E-state index in [0.29, 0.717) is 35.4 Å². The molecule has 9 heterocycles. The molecule has 1 saturated heterocycles. The molecule has 0 saturated carbocycles. The smallest absolute Gasteiger partial charge is 0.464 e. The summed E-state index contributed by atoms with van der Waals surface area (Å²) >= 11 is 38.7. The van der Waals surface area contributed by atoms with Crippen LogP contribution < -0.4 is 5.46 Å². The van der Waals surface area contributed by atoms with Crippen LogP contribution in [-0.2, 0) is 85.5 Å². The van der Waals surface area contributed by atoms with Gasteiger partial charge < -0.3 is 57.0 Å². The molecule has 0 aliphatic carbocycles. The zero-order chi connectivity index (χ0) is 102. The lowest BCUT2D eigenvalue weighted by atomic mass is 9.74. The highest BCUT2D eigenvalue weighted by atomic mass is 79.9. The highest BCUT2D eigenvalue weighted by Crippen LogP contribution is 2.46. The van der Waals surface area contributed by atoms with E-state index in [2.05, 4.69) is 184 Å². The third kappa shape index (κ3) is 38.9. The summed E-state index contributed by atoms with van der Waals surface area (Å²) in [6.07, 6.45) is -3.41. The van der Waals surface area contributed by atoms with Crippen molar-refractivity contribution in [2.75, 3.05) is 39.6 Å². The monoisotopic (exact) mass is 2380 g/mol. The quantitative estimate of drug-likeness (QED) is 0.0165. The number of ketones is 1. The van der Waals surface area contributed by atoms with Gasteiger partial charge in [-0.1, -0.05) is 30.3 Å². The van der Waals surface area contributed by atoms with E-state index in [1.807, 2.05) is 200 Å². The number of carbonyl (C=O) groups is 8. The maximum Gasteiger partial charge on any atom is 0.496 e. The summed E-state index contributed by atoms with van der Waals surface area (Å²) in [5, 5.41) is 8.72. The molecule has 9 aromatic rings. The van der Waals surface area contributed by atoms with Crippen LogP contribution in [0.15, 0.2) is 75.4 Å². The molecule has 1 fully saturated rings. The van der Waals surface area contributed by atoms with Crippen molar-refractivity contribution >= 4 is 257 Å². The molecule has 20 nitrogen and oxygen atoms in total. The fraction of sp³-hybridized carbons (Fsp3) is 0.521. The Labute approximate surface area is 870 Å². The maximum absolute atomic E-state index is 12.8. The first-order valence-corrected chi connectivity index (χ1v) is 54.0. The van der Waals surface area contributed by atoms with Gasteiger partial charge in [0.25, 0.3) is 5.78 Å². The Morgan fingerprint density at radius 3 is 1.02 bits per heavy atom. The molecule has 1 aromatic carbocycles. The Balaban J connectivity index is 0.000000520. The van der Waals surface area contributed by atoms with Crippen LogP contribution in [0.1, 0.15) is 267 Å². The van der Waals surface area contributed by atoms with Gasteiger partial charge in [0.1, 0.15) is 0 Å². The second kappa shape index (κ2) is 57.0. The van der Waals surface area contributed by atoms with Crippen molar-refractivity contribution in [1.82, 2.24) is 0 Å². The highest BCUT2D eigenvalue weighted by Gasteiger charge is 2.54. The second-order valence-corrected chi connectivity index (χ2v) is 50.0. The summed E-state index contributed by atoms with van der Waals surface area (Å²) in [6, 6.07) is 16.6. The first-order chi connectivity index (χ1) is 60.9. The van der Waals surface area contributed by atoms with Gasteiger partial charge in [-0.15, -0.1) is 90.7 Å². The van der Waals surface area contributed by atoms with Gasteiger partial charge in [-0.25, -0.2) is 28.8 Å². The van der Waals surface area contributed by atoms with E-state index in [1.165, 1.54) is 58.9 Å². The van der Waals surface area contributed by atoms with Crippen LogP contribution in [0.2, 0.25) is 0 Å². The number of Topliss-reactive ketones (excluding diaryl/α,β-unsaturated/α-hetero) is 1. The Bertz CT molecular complexity index is 5210. The Morgan fingerprint density at radius 1 is 0.379 bits per heavy atom. The van der Waals surface area contributed by atoms with Crippen molar-refractivity contribution in [2.45, 2.75) is 295 Å². The molecule has 8 aromatic heterocycles. The van der Waals surface area contributed by atoms with Crippen LogP contribution in [0, 0.1) is 111 Å². The predicted molar refractivity (Wildman–Crippen MR) is 568 cm³/mol. The second-order valence-electron chi connectivity index (χ2n) is 33.3. The van der Waals surface area contributed by atoms with Crippen LogP contribution in [0.25, 0.3) is 11.1 Å². The van der Waals surface area contributed by atoms with Crippen LogP contribution in [-0.4, -0.2) is 127 Å². The molecule has 734 valence electrons. The number of thiophene rings is 8. The molecule has 132 heavy (non-hydrogen) atoms. The Morgan fingerprint density at radius 2 is 0.712 bits per heavy atom. The fourth-order valence-electron chi connectivity index (χ4n) is 12.2. The van der Waals surface area contributed by atoms with E-state index in [9.17, 15) is 43.5 Å². The molecular formula is C96H130BBr6ClO20S8. The fourth-order valence-corrected chi connectivity index (χ4v) is 24.5. The lowest BCUT2D eigenvalue weighted by Gasteiger charge is -2.32. The number of hydrogen-bond donors (Lipinski definition) is 1. The predicted octanol–water partition coefficient (Wildman–Crippen LogP) is 29.4. The Hall–Kier alpha value is -4.03. The van der Waals surface area contributed by atoms with Crippen molar-refractivity contribution in [3.05, 3.63) is 181 Å². The van der Waals surface area contributed by atoms with E-state index in [-0.39, 0.29) is 37.7 Å². The molecule has 1 aliphatic heterocycles. The van der Waals surface area contributed by atoms with E-state index < -0.39 is 88.5 Å². The molecular weight excluding hydrogens is 2260 g/mol. The molecule has 1 aliphatic rings. The van der Waals surface area contributed by atoms with Gasteiger partial charge >= 0.3 is 48.2 Å². The van der Waals surface area contributed by atoms with Crippen LogP contribution in [0.5, 0.6) is 0 Å². The largest absolute Gasteiger partial charge is 0.496 e. The summed E-state index contributed by atoms with van der Waals surface area (Å²) in [5.74, 6) is -4.01. The van der Waals surface area contributed by atoms with Crippen LogP contribution >= 0.6 is 198 Å². The van der Waals surface area contributed by atoms with E-state index in [4.69, 9.17) is 54.1 Å². The van der Waals surface area contributed by atoms with Gasteiger partial charge in [-0.05, 0) is 373 Å². The molecule has 1 N–H and O–H groups in total. The number of benzene rings is 1. The standard InChI is InChI=1S/C20H33BO5S.C20H26O3S.C14H21BrO3S.C10H13BrO3S.C10H11BrO3S.C6H6Br2S.C6H7BrS.C6H8S.C4H5ClO3/c1-11-23-17(22)16(24-18(4,5)6)14-12(2)27-13(3)15(14)21-25-19(7,8)20(9,10)26-21;1-7-22-19(21)18(23-20(4,5)6)17-14(3)24-13(2)16(17)15-11-9-8-10-12-15;1-7-17-13(16)12(18-14(4,5)6)10-8(2)19-9(3)11(10)15;2*1-4-14-10(13)9(12)7-5(2)15-6(3)8(7)11;1-3-5(7)6(8)4(2)9-3;1-4-3-6(7)5(2)8-4;1-5-3-4-6(2)7-5;1-2-8-4(7)3(5)6/h16H,11H2,1-10H3;8-12,18H,7H2,1-6H3;12H,7H2,1-6H3;9,12H,4H2,1-3H3;4H2,1-3H3;1-2H3;3H,1-2H3;3-4H,1-2H3;2H2,1H3. The number of halogens is 7.